The predicted molar refractivity (Wildman–Crippen MR) is 100 cm³/mol. The summed E-state index contributed by atoms with van der Waals surface area (Å²) in [5.74, 6) is -8.61. The van der Waals surface area contributed by atoms with Crippen LogP contribution in [-0.2, 0) is 50.5 Å². The van der Waals surface area contributed by atoms with E-state index in [9.17, 15) is 59.4 Å². The molecule has 0 aromatic carbocycles. The molecule has 0 rings (SSSR count). The molecular weight excluding hydrogens is 614 g/mol. The molecule has 0 aromatic rings. The SMILES string of the molecule is CC(O)C(=O)[O-].CC(O)C(=O)[O-].CC(O)C(=O)[O-].CC(O)C(=O)[O-].CC(O)C(=O)[O-].CC(O)C(=O)[O-].[K+].[Na+].[Ti+4]. The van der Waals surface area contributed by atoms with E-state index in [1.807, 2.05) is 0 Å². The zero-order chi connectivity index (χ0) is 30.9. The van der Waals surface area contributed by atoms with Gasteiger partial charge in [-0.15, -0.1) is 0 Å². The van der Waals surface area contributed by atoms with Gasteiger partial charge in [-0.3, -0.25) is 0 Å². The van der Waals surface area contributed by atoms with E-state index in [2.05, 4.69) is 0 Å². The van der Waals surface area contributed by atoms with Crippen molar-refractivity contribution in [2.45, 2.75) is 78.2 Å². The van der Waals surface area contributed by atoms with Gasteiger partial charge in [-0.05, 0) is 41.5 Å². The van der Waals surface area contributed by atoms with Crippen LogP contribution >= 0.6 is 0 Å². The topological polar surface area (TPSA) is 362 Å². The molecule has 0 heterocycles. The molecule has 39 heavy (non-hydrogen) atoms. The van der Waals surface area contributed by atoms with Gasteiger partial charge < -0.3 is 90.0 Å². The maximum atomic E-state index is 9.34. The maximum Gasteiger partial charge on any atom is 4.00 e. The number of rotatable bonds is 6. The summed E-state index contributed by atoms with van der Waals surface area (Å²) >= 11 is 0. The summed E-state index contributed by atoms with van der Waals surface area (Å²) in [5, 5.41) is 104. The van der Waals surface area contributed by atoms with Crippen LogP contribution in [0.15, 0.2) is 0 Å². The van der Waals surface area contributed by atoms with Crippen LogP contribution in [-0.4, -0.2) is 103 Å². The van der Waals surface area contributed by atoms with E-state index < -0.39 is 72.4 Å². The molecule has 6 atom stereocenters. The van der Waals surface area contributed by atoms with Crippen LogP contribution in [0.5, 0.6) is 0 Å². The van der Waals surface area contributed by atoms with Crippen LogP contribution in [0.1, 0.15) is 41.5 Å². The van der Waals surface area contributed by atoms with Gasteiger partial charge in [0.05, 0.1) is 72.4 Å². The summed E-state index contributed by atoms with van der Waals surface area (Å²) in [4.78, 5) is 56.0. The van der Waals surface area contributed by atoms with Crippen molar-refractivity contribution in [2.24, 2.45) is 0 Å². The second-order valence-corrected chi connectivity index (χ2v) is 5.97. The molecule has 6 N–H and O–H groups in total. The first-order chi connectivity index (χ1) is 15.9. The Kier molecular flexibility index (Phi) is 64.2. The van der Waals surface area contributed by atoms with Gasteiger partial charge in [0.1, 0.15) is 0 Å². The Balaban J connectivity index is -0.0000000390. The molecule has 6 unspecified atom stereocenters. The third kappa shape index (κ3) is 85.5. The summed E-state index contributed by atoms with van der Waals surface area (Å²) in [7, 11) is 0. The molecule has 0 saturated heterocycles. The van der Waals surface area contributed by atoms with Gasteiger partial charge in [-0.1, -0.05) is 0 Å². The number of hydrogen-bond donors (Lipinski definition) is 6. The Hall–Kier alpha value is -0.0694. The number of aliphatic carboxylic acids is 6. The Bertz CT molecular complexity index is 502. The van der Waals surface area contributed by atoms with Gasteiger partial charge in [0.2, 0.25) is 0 Å². The van der Waals surface area contributed by atoms with Gasteiger partial charge in [0, 0.05) is 0 Å². The third-order valence-electron chi connectivity index (χ3n) is 2.05. The van der Waals surface area contributed by atoms with E-state index in [4.69, 9.17) is 30.6 Å². The molecule has 0 radical (unpaired) electrons. The van der Waals surface area contributed by atoms with Crippen LogP contribution in [0.3, 0.4) is 0 Å². The van der Waals surface area contributed by atoms with Crippen molar-refractivity contribution < 1.29 is 193 Å². The standard InChI is InChI=1S/6C3H6O3.K.Na.Ti/c6*1-2(4)3(5)6;;;/h6*2,4H,1H3,(H,5,6);;;/q;;;;;;2*+1;+4/p-6. The molecule has 0 aliphatic carbocycles. The Labute approximate surface area is 303 Å². The molecule has 18 nitrogen and oxygen atoms in total. The first-order valence-corrected chi connectivity index (χ1v) is 9.19. The fraction of sp³-hybridized carbons (Fsp3) is 0.667. The van der Waals surface area contributed by atoms with Crippen molar-refractivity contribution in [2.75, 3.05) is 0 Å². The van der Waals surface area contributed by atoms with E-state index in [-0.39, 0.29) is 103 Å². The molecular formula is C18H30KNaO18Ti. The van der Waals surface area contributed by atoms with E-state index in [1.54, 1.807) is 0 Å². The van der Waals surface area contributed by atoms with Crippen LogP contribution in [0.2, 0.25) is 0 Å². The molecule has 0 saturated carbocycles. The zero-order valence-electron chi connectivity index (χ0n) is 22.5. The van der Waals surface area contributed by atoms with Gasteiger partial charge in [-0.2, -0.15) is 0 Å². The van der Waals surface area contributed by atoms with Crippen molar-refractivity contribution in [1.29, 1.82) is 0 Å². The van der Waals surface area contributed by atoms with Crippen molar-refractivity contribution in [3.8, 4) is 0 Å². The molecule has 0 fully saturated rings. The first-order valence-electron chi connectivity index (χ1n) is 9.19. The van der Waals surface area contributed by atoms with E-state index >= 15 is 0 Å². The number of hydrogen-bond acceptors (Lipinski definition) is 18. The van der Waals surface area contributed by atoms with E-state index in [1.165, 1.54) is 0 Å². The molecule has 0 spiro atoms. The maximum absolute atomic E-state index is 9.34. The molecule has 0 aliphatic rings. The third-order valence-corrected chi connectivity index (χ3v) is 2.05. The van der Waals surface area contributed by atoms with Crippen LogP contribution < -0.4 is 112 Å². The van der Waals surface area contributed by atoms with Crippen LogP contribution in [0.25, 0.3) is 0 Å². The Morgan fingerprint density at radius 2 is 0.410 bits per heavy atom. The summed E-state index contributed by atoms with van der Waals surface area (Å²) in [6.45, 7) is 6.81. The monoisotopic (exact) mass is 644 g/mol. The number of carbonyl (C=O) groups is 6. The van der Waals surface area contributed by atoms with Crippen molar-refractivity contribution >= 4 is 35.8 Å². The minimum atomic E-state index is -1.44. The predicted octanol–water partition coefficient (Wildman–Crippen LogP) is -17.3. The quantitative estimate of drug-likeness (QED) is 0.146. The number of carbonyl (C=O) groups excluding carboxylic acids is 6. The fourth-order valence-corrected chi connectivity index (χ4v) is 0. The van der Waals surface area contributed by atoms with Crippen molar-refractivity contribution in [3.05, 3.63) is 0 Å². The van der Waals surface area contributed by atoms with Gasteiger partial charge in [0.15, 0.2) is 0 Å². The minimum Gasteiger partial charge on any atom is -0.547 e. The molecule has 21 heteroatoms. The number of carboxylic acid groups (broad SMARTS) is 6. The molecule has 0 amide bonds. The smallest absolute Gasteiger partial charge is 0.547 e. The molecule has 0 aliphatic heterocycles. The minimum absolute atomic E-state index is 0. The number of carboxylic acids is 6. The summed E-state index contributed by atoms with van der Waals surface area (Å²) < 4.78 is 0. The molecule has 0 bridgehead atoms. The summed E-state index contributed by atoms with van der Waals surface area (Å²) in [6.07, 6.45) is -8.06. The largest absolute Gasteiger partial charge is 4.00 e. The van der Waals surface area contributed by atoms with Crippen molar-refractivity contribution in [1.82, 2.24) is 0 Å². The van der Waals surface area contributed by atoms with Gasteiger partial charge in [0.25, 0.3) is 0 Å². The molecule has 0 aromatic heterocycles. The van der Waals surface area contributed by atoms with Gasteiger partial charge in [-0.25, -0.2) is 0 Å². The second kappa shape index (κ2) is 40.1. The average Bonchev–Trinajstić information content (AvgIpc) is 2.69. The normalized spacial score (nSPS) is 12.6. The average molecular weight is 644 g/mol. The fourth-order valence-electron chi connectivity index (χ4n) is 0. The van der Waals surface area contributed by atoms with E-state index in [0.717, 1.165) is 41.5 Å². The second-order valence-electron chi connectivity index (χ2n) is 5.97. The van der Waals surface area contributed by atoms with Crippen LogP contribution in [0.4, 0.5) is 0 Å². The number of aliphatic hydroxyl groups is 6. The zero-order valence-corrected chi connectivity index (χ0v) is 29.2. The molecule has 216 valence electrons. The Morgan fingerprint density at radius 1 is 0.385 bits per heavy atom. The van der Waals surface area contributed by atoms with Gasteiger partial charge >= 0.3 is 103 Å². The van der Waals surface area contributed by atoms with Crippen LogP contribution in [0, 0.1) is 0 Å². The summed E-state index contributed by atoms with van der Waals surface area (Å²) in [5.41, 5.74) is 0. The first kappa shape index (κ1) is 62.5. The number of aliphatic hydroxyl groups excluding tert-OH is 6. The van der Waals surface area contributed by atoms with E-state index in [0.29, 0.717) is 0 Å². The Morgan fingerprint density at radius 3 is 0.410 bits per heavy atom. The summed E-state index contributed by atoms with van der Waals surface area (Å²) in [6, 6.07) is 0. The van der Waals surface area contributed by atoms with Crippen molar-refractivity contribution in [3.63, 3.8) is 0 Å².